The van der Waals surface area contributed by atoms with Crippen LogP contribution in [-0.2, 0) is 21.9 Å². The lowest BCUT2D eigenvalue weighted by atomic mass is 10.1. The maximum absolute atomic E-state index is 12.9. The highest BCUT2D eigenvalue weighted by Gasteiger charge is 2.39. The Morgan fingerprint density at radius 1 is 1.17 bits per heavy atom. The first-order chi connectivity index (χ1) is 11.2. The molecule has 2 aliphatic rings. The van der Waals surface area contributed by atoms with Gasteiger partial charge in [0.05, 0.1) is 17.9 Å². The second-order valence-corrected chi connectivity index (χ2v) is 8.06. The number of hydrogen-bond acceptors (Lipinski definition) is 5. The number of piperidine rings is 1. The van der Waals surface area contributed by atoms with E-state index in [1.165, 1.54) is 9.21 Å². The van der Waals surface area contributed by atoms with E-state index in [1.807, 2.05) is 0 Å². The average molecular weight is 355 g/mol. The molecule has 0 saturated carbocycles. The van der Waals surface area contributed by atoms with Crippen molar-refractivity contribution in [1.82, 2.24) is 24.3 Å². The van der Waals surface area contributed by atoms with Crippen molar-refractivity contribution >= 4 is 22.0 Å². The zero-order valence-corrected chi connectivity index (χ0v) is 14.8. The SMILES string of the molecule is Cc1nn(C)c(C)c1S(=O)(=O)N1CCC(N2C(=O)CNC2=O)CC1. The fourth-order valence-electron chi connectivity index (χ4n) is 3.40. The molecule has 0 spiro atoms. The molecule has 3 heterocycles. The number of nitrogens with zero attached hydrogens (tertiary/aromatic N) is 4. The van der Waals surface area contributed by atoms with Crippen molar-refractivity contribution < 1.29 is 18.0 Å². The van der Waals surface area contributed by atoms with Crippen molar-refractivity contribution in [1.29, 1.82) is 0 Å². The molecular weight excluding hydrogens is 334 g/mol. The van der Waals surface area contributed by atoms with Gasteiger partial charge in [0.2, 0.25) is 15.9 Å². The van der Waals surface area contributed by atoms with Crippen LogP contribution in [0.15, 0.2) is 4.90 Å². The second kappa shape index (κ2) is 5.85. The predicted octanol–water partition coefficient (Wildman–Crippen LogP) is -0.258. The van der Waals surface area contributed by atoms with Gasteiger partial charge in [-0.25, -0.2) is 13.2 Å². The molecule has 2 fully saturated rings. The lowest BCUT2D eigenvalue weighted by Gasteiger charge is -2.34. The Morgan fingerprint density at radius 3 is 2.25 bits per heavy atom. The molecule has 132 valence electrons. The van der Waals surface area contributed by atoms with Gasteiger partial charge in [0.1, 0.15) is 4.90 Å². The number of rotatable bonds is 3. The Balaban J connectivity index is 1.77. The Kier molecular flexibility index (Phi) is 4.12. The van der Waals surface area contributed by atoms with E-state index < -0.39 is 10.0 Å². The third-order valence-corrected chi connectivity index (χ3v) is 6.86. The zero-order valence-electron chi connectivity index (χ0n) is 13.9. The minimum atomic E-state index is -3.63. The summed E-state index contributed by atoms with van der Waals surface area (Å²) in [6.07, 6.45) is 0.882. The number of carbonyl (C=O) groups is 2. The Hall–Kier alpha value is -1.94. The molecule has 9 nitrogen and oxygen atoms in total. The van der Waals surface area contributed by atoms with Crippen molar-refractivity contribution in [3.8, 4) is 0 Å². The smallest absolute Gasteiger partial charge is 0.324 e. The first kappa shape index (κ1) is 16.9. The molecule has 0 radical (unpaired) electrons. The monoisotopic (exact) mass is 355 g/mol. The van der Waals surface area contributed by atoms with Gasteiger partial charge in [-0.1, -0.05) is 0 Å². The van der Waals surface area contributed by atoms with Crippen molar-refractivity contribution in [3.63, 3.8) is 0 Å². The maximum Gasteiger partial charge on any atom is 0.324 e. The van der Waals surface area contributed by atoms with Crippen molar-refractivity contribution in [2.45, 2.75) is 37.6 Å². The molecular formula is C14H21N5O4S. The topological polar surface area (TPSA) is 105 Å². The van der Waals surface area contributed by atoms with Crippen LogP contribution in [0, 0.1) is 13.8 Å². The number of urea groups is 1. The summed E-state index contributed by atoms with van der Waals surface area (Å²) < 4.78 is 28.8. The third kappa shape index (κ3) is 2.59. The van der Waals surface area contributed by atoms with E-state index in [2.05, 4.69) is 10.4 Å². The van der Waals surface area contributed by atoms with Gasteiger partial charge in [0, 0.05) is 26.2 Å². The van der Waals surface area contributed by atoms with Gasteiger partial charge in [-0.2, -0.15) is 9.40 Å². The van der Waals surface area contributed by atoms with E-state index >= 15 is 0 Å². The second-order valence-electron chi connectivity index (χ2n) is 6.18. The first-order valence-corrected chi connectivity index (χ1v) is 9.27. The Labute approximate surface area is 140 Å². The first-order valence-electron chi connectivity index (χ1n) is 7.83. The van der Waals surface area contributed by atoms with Gasteiger partial charge >= 0.3 is 6.03 Å². The minimum Gasteiger partial charge on any atom is -0.329 e. The predicted molar refractivity (Wildman–Crippen MR) is 84.7 cm³/mol. The minimum absolute atomic E-state index is 0.0193. The van der Waals surface area contributed by atoms with Gasteiger partial charge < -0.3 is 5.32 Å². The average Bonchev–Trinajstić information content (AvgIpc) is 2.98. The van der Waals surface area contributed by atoms with E-state index in [-0.39, 0.29) is 42.5 Å². The van der Waals surface area contributed by atoms with Gasteiger partial charge in [-0.15, -0.1) is 0 Å². The molecule has 3 amide bonds. The summed E-state index contributed by atoms with van der Waals surface area (Å²) in [6.45, 7) is 3.98. The van der Waals surface area contributed by atoms with Crippen LogP contribution in [-0.4, -0.2) is 65.0 Å². The number of hydrogen-bond donors (Lipinski definition) is 1. The Bertz CT molecular complexity index is 776. The largest absolute Gasteiger partial charge is 0.329 e. The molecule has 1 aromatic heterocycles. The van der Waals surface area contributed by atoms with Crippen molar-refractivity contribution in [2.24, 2.45) is 7.05 Å². The molecule has 2 aliphatic heterocycles. The van der Waals surface area contributed by atoms with E-state index in [9.17, 15) is 18.0 Å². The number of imide groups is 1. The molecule has 0 atom stereocenters. The van der Waals surface area contributed by atoms with Crippen molar-refractivity contribution in [2.75, 3.05) is 19.6 Å². The van der Waals surface area contributed by atoms with Crippen LogP contribution in [0.4, 0.5) is 4.79 Å². The van der Waals surface area contributed by atoms with Crippen LogP contribution < -0.4 is 5.32 Å². The molecule has 1 N–H and O–H groups in total. The maximum atomic E-state index is 12.9. The molecule has 1 aromatic rings. The number of carbonyl (C=O) groups excluding carboxylic acids is 2. The quantitative estimate of drug-likeness (QED) is 0.753. The summed E-state index contributed by atoms with van der Waals surface area (Å²) >= 11 is 0. The van der Waals surface area contributed by atoms with Crippen molar-refractivity contribution in [3.05, 3.63) is 11.4 Å². The molecule has 0 unspecified atom stereocenters. The summed E-state index contributed by atoms with van der Waals surface area (Å²) in [6, 6.07) is -0.636. The molecule has 2 saturated heterocycles. The van der Waals surface area contributed by atoms with Gasteiger partial charge in [-0.3, -0.25) is 14.4 Å². The highest BCUT2D eigenvalue weighted by Crippen LogP contribution is 2.27. The molecule has 0 aromatic carbocycles. The van der Waals surface area contributed by atoms with Crippen LogP contribution in [0.1, 0.15) is 24.2 Å². The highest BCUT2D eigenvalue weighted by atomic mass is 32.2. The molecule has 10 heteroatoms. The molecule has 3 rings (SSSR count). The standard InChI is InChI=1S/C14H21N5O4S/c1-9-13(10(2)17(3)16-9)24(22,23)18-6-4-11(5-7-18)19-12(20)8-15-14(19)21/h11H,4-8H2,1-3H3,(H,15,21). The zero-order chi connectivity index (χ0) is 17.6. The molecule has 0 aliphatic carbocycles. The van der Waals surface area contributed by atoms with E-state index in [1.54, 1.807) is 25.6 Å². The van der Waals surface area contributed by atoms with E-state index in [0.29, 0.717) is 24.2 Å². The Morgan fingerprint density at radius 2 is 1.79 bits per heavy atom. The summed E-state index contributed by atoms with van der Waals surface area (Å²) in [4.78, 5) is 25.0. The number of aromatic nitrogens is 2. The summed E-state index contributed by atoms with van der Waals surface area (Å²) in [5.41, 5.74) is 1.08. The number of nitrogens with one attached hydrogen (secondary N) is 1. The van der Waals surface area contributed by atoms with Gasteiger partial charge in [0.25, 0.3) is 0 Å². The fourth-order valence-corrected chi connectivity index (χ4v) is 5.27. The summed E-state index contributed by atoms with van der Waals surface area (Å²) in [5, 5.41) is 6.67. The number of sulfonamides is 1. The van der Waals surface area contributed by atoms with Crippen LogP contribution >= 0.6 is 0 Å². The summed E-state index contributed by atoms with van der Waals surface area (Å²) in [7, 11) is -1.92. The molecule has 24 heavy (non-hydrogen) atoms. The summed E-state index contributed by atoms with van der Waals surface area (Å²) in [5.74, 6) is -0.250. The number of amides is 3. The van der Waals surface area contributed by atoms with E-state index in [0.717, 1.165) is 0 Å². The van der Waals surface area contributed by atoms with Crippen LogP contribution in [0.25, 0.3) is 0 Å². The van der Waals surface area contributed by atoms with Crippen LogP contribution in [0.5, 0.6) is 0 Å². The van der Waals surface area contributed by atoms with Crippen LogP contribution in [0.2, 0.25) is 0 Å². The lowest BCUT2D eigenvalue weighted by Crippen LogP contribution is -2.49. The lowest BCUT2D eigenvalue weighted by molar-refractivity contribution is -0.127. The molecule has 0 bridgehead atoms. The highest BCUT2D eigenvalue weighted by molar-refractivity contribution is 7.89. The number of aryl methyl sites for hydroxylation is 2. The third-order valence-electron chi connectivity index (χ3n) is 4.71. The van der Waals surface area contributed by atoms with E-state index in [4.69, 9.17) is 0 Å². The fraction of sp³-hybridized carbons (Fsp3) is 0.643. The van der Waals surface area contributed by atoms with Gasteiger partial charge in [0.15, 0.2) is 0 Å². The van der Waals surface area contributed by atoms with Gasteiger partial charge in [-0.05, 0) is 26.7 Å². The normalized spacial score (nSPS) is 20.7. The van der Waals surface area contributed by atoms with Crippen LogP contribution in [0.3, 0.4) is 0 Å².